The van der Waals surface area contributed by atoms with Crippen molar-refractivity contribution in [3.05, 3.63) is 58.5 Å². The molecule has 0 fully saturated rings. The van der Waals surface area contributed by atoms with Crippen LogP contribution in [0.3, 0.4) is 0 Å². The fourth-order valence-electron chi connectivity index (χ4n) is 2.64. The molecule has 0 bridgehead atoms. The highest BCUT2D eigenvalue weighted by Gasteiger charge is 2.34. The Balaban J connectivity index is 2.07. The Kier molecular flexibility index (Phi) is 4.22. The van der Waals surface area contributed by atoms with Gasteiger partial charge in [-0.2, -0.15) is 13.2 Å². The number of benzene rings is 2. The molecule has 1 heterocycles. The lowest BCUT2D eigenvalue weighted by Gasteiger charge is -2.28. The molecule has 0 aromatic heterocycles. The van der Waals surface area contributed by atoms with Gasteiger partial charge in [-0.3, -0.25) is 0 Å². The highest BCUT2D eigenvalue weighted by molar-refractivity contribution is 5.81. The summed E-state index contributed by atoms with van der Waals surface area (Å²) in [6.07, 6.45) is -4.90. The second-order valence-electron chi connectivity index (χ2n) is 5.26. The fraction of sp³-hybridized carbons (Fsp3) is 0.250. The van der Waals surface area contributed by atoms with Crippen molar-refractivity contribution in [2.45, 2.75) is 12.3 Å². The largest absolute Gasteiger partial charge is 0.486 e. The third-order valence-corrected chi connectivity index (χ3v) is 3.69. The Morgan fingerprint density at radius 1 is 1.17 bits per heavy atom. The van der Waals surface area contributed by atoms with Crippen LogP contribution in [0.5, 0.6) is 5.75 Å². The van der Waals surface area contributed by atoms with Gasteiger partial charge in [0.05, 0.1) is 24.3 Å². The predicted molar refractivity (Wildman–Crippen MR) is 83.8 cm³/mol. The van der Waals surface area contributed by atoms with Crippen molar-refractivity contribution >= 4 is 5.69 Å². The topological polar surface area (TPSA) is 70.0 Å². The molecule has 2 aromatic rings. The molecule has 2 aromatic carbocycles. The van der Waals surface area contributed by atoms with Crippen molar-refractivity contribution in [2.75, 3.05) is 18.4 Å². The summed E-state index contributed by atoms with van der Waals surface area (Å²) < 4.78 is 45.7. The summed E-state index contributed by atoms with van der Waals surface area (Å²) in [7, 11) is 0. The average molecular weight is 334 g/mol. The van der Waals surface area contributed by atoms with E-state index in [4.69, 9.17) is 10.3 Å². The SMILES string of the molecule is [N-]=[N+]=NC[C@H]1CNc2cccc(-c3ccccc3C(F)(F)F)c2O1. The molecule has 1 atom stereocenters. The zero-order valence-corrected chi connectivity index (χ0v) is 12.4. The monoisotopic (exact) mass is 334 g/mol. The maximum atomic E-state index is 13.3. The number of para-hydroxylation sites is 1. The van der Waals surface area contributed by atoms with Crippen LogP contribution < -0.4 is 10.1 Å². The lowest BCUT2D eigenvalue weighted by Crippen LogP contribution is -2.33. The highest BCUT2D eigenvalue weighted by Crippen LogP contribution is 2.44. The Morgan fingerprint density at radius 2 is 1.92 bits per heavy atom. The van der Waals surface area contributed by atoms with Crippen LogP contribution in [0.1, 0.15) is 5.56 Å². The van der Waals surface area contributed by atoms with Crippen LogP contribution in [-0.2, 0) is 6.18 Å². The second kappa shape index (κ2) is 6.33. The van der Waals surface area contributed by atoms with E-state index in [0.29, 0.717) is 23.5 Å². The van der Waals surface area contributed by atoms with Crippen molar-refractivity contribution in [1.29, 1.82) is 0 Å². The molecule has 0 amide bonds. The zero-order valence-electron chi connectivity index (χ0n) is 12.4. The molecular weight excluding hydrogens is 321 g/mol. The second-order valence-corrected chi connectivity index (χ2v) is 5.26. The third kappa shape index (κ3) is 3.09. The number of hydrogen-bond donors (Lipinski definition) is 1. The normalized spacial score (nSPS) is 16.4. The summed E-state index contributed by atoms with van der Waals surface area (Å²) in [6, 6.07) is 10.4. The van der Waals surface area contributed by atoms with E-state index in [-0.39, 0.29) is 12.1 Å². The van der Waals surface area contributed by atoms with Crippen LogP contribution in [0.4, 0.5) is 18.9 Å². The first kappa shape index (κ1) is 16.0. The number of azide groups is 1. The van der Waals surface area contributed by atoms with Crippen LogP contribution in [0.2, 0.25) is 0 Å². The first-order valence-corrected chi connectivity index (χ1v) is 7.21. The van der Waals surface area contributed by atoms with Gasteiger partial charge in [-0.15, -0.1) is 0 Å². The Hall–Kier alpha value is -2.86. The van der Waals surface area contributed by atoms with Crippen LogP contribution in [0, 0.1) is 0 Å². The van der Waals surface area contributed by atoms with E-state index in [2.05, 4.69) is 15.3 Å². The van der Waals surface area contributed by atoms with Crippen molar-refractivity contribution < 1.29 is 17.9 Å². The summed E-state index contributed by atoms with van der Waals surface area (Å²) >= 11 is 0. The third-order valence-electron chi connectivity index (χ3n) is 3.69. The van der Waals surface area contributed by atoms with Crippen LogP contribution in [0.25, 0.3) is 21.6 Å². The fourth-order valence-corrected chi connectivity index (χ4v) is 2.64. The van der Waals surface area contributed by atoms with E-state index in [9.17, 15) is 13.2 Å². The van der Waals surface area contributed by atoms with E-state index >= 15 is 0 Å². The number of rotatable bonds is 3. The molecule has 24 heavy (non-hydrogen) atoms. The van der Waals surface area contributed by atoms with Crippen LogP contribution in [0.15, 0.2) is 47.6 Å². The molecule has 0 spiro atoms. The van der Waals surface area contributed by atoms with E-state index in [1.807, 2.05) is 0 Å². The number of nitrogens with one attached hydrogen (secondary N) is 1. The average Bonchev–Trinajstić information content (AvgIpc) is 2.58. The number of halogens is 3. The van der Waals surface area contributed by atoms with Crippen molar-refractivity contribution in [3.8, 4) is 16.9 Å². The minimum atomic E-state index is -4.47. The van der Waals surface area contributed by atoms with Crippen molar-refractivity contribution in [3.63, 3.8) is 0 Å². The van der Waals surface area contributed by atoms with E-state index < -0.39 is 17.8 Å². The van der Waals surface area contributed by atoms with Gasteiger partial charge in [-0.25, -0.2) is 0 Å². The molecular formula is C16H13F3N4O. The molecule has 0 saturated carbocycles. The minimum absolute atomic E-state index is 0.0492. The van der Waals surface area contributed by atoms with Gasteiger partial charge < -0.3 is 10.1 Å². The van der Waals surface area contributed by atoms with Crippen molar-refractivity contribution in [1.82, 2.24) is 0 Å². The number of ether oxygens (including phenoxy) is 1. The molecule has 5 nitrogen and oxygen atoms in total. The first-order valence-electron chi connectivity index (χ1n) is 7.21. The summed E-state index contributed by atoms with van der Waals surface area (Å²) in [5.74, 6) is 0.332. The van der Waals surface area contributed by atoms with Gasteiger partial charge in [0.25, 0.3) is 0 Å². The van der Waals surface area contributed by atoms with Gasteiger partial charge in [0, 0.05) is 10.5 Å². The van der Waals surface area contributed by atoms with Crippen LogP contribution in [-0.4, -0.2) is 19.2 Å². The number of anilines is 1. The molecule has 3 rings (SSSR count). The van der Waals surface area contributed by atoms with Gasteiger partial charge in [0.15, 0.2) is 5.75 Å². The number of nitrogens with zero attached hydrogens (tertiary/aromatic N) is 3. The predicted octanol–water partition coefficient (Wildman–Crippen LogP) is 4.86. The van der Waals surface area contributed by atoms with Crippen molar-refractivity contribution in [2.24, 2.45) is 5.11 Å². The minimum Gasteiger partial charge on any atom is -0.486 e. The number of hydrogen-bond acceptors (Lipinski definition) is 3. The smallest absolute Gasteiger partial charge is 0.417 e. The highest BCUT2D eigenvalue weighted by atomic mass is 19.4. The maximum Gasteiger partial charge on any atom is 0.417 e. The Labute approximate surface area is 135 Å². The van der Waals surface area contributed by atoms with Crippen LogP contribution >= 0.6 is 0 Å². The maximum absolute atomic E-state index is 13.3. The Bertz CT molecular complexity index is 800. The first-order chi connectivity index (χ1) is 11.5. The van der Waals surface area contributed by atoms with Gasteiger partial charge in [0.1, 0.15) is 6.10 Å². The van der Waals surface area contributed by atoms with E-state index in [1.54, 1.807) is 24.3 Å². The lowest BCUT2D eigenvalue weighted by atomic mass is 9.97. The lowest BCUT2D eigenvalue weighted by molar-refractivity contribution is -0.137. The Morgan fingerprint density at radius 3 is 2.67 bits per heavy atom. The molecule has 0 unspecified atom stereocenters. The van der Waals surface area contributed by atoms with E-state index in [0.717, 1.165) is 6.07 Å². The summed E-state index contributed by atoms with van der Waals surface area (Å²) in [5, 5.41) is 6.56. The van der Waals surface area contributed by atoms with Gasteiger partial charge in [-0.05, 0) is 23.2 Å². The molecule has 0 aliphatic carbocycles. The zero-order chi connectivity index (χ0) is 17.2. The molecule has 0 saturated heterocycles. The molecule has 8 heteroatoms. The molecule has 1 aliphatic heterocycles. The molecule has 0 radical (unpaired) electrons. The number of fused-ring (bicyclic) bond motifs is 1. The molecule has 124 valence electrons. The van der Waals surface area contributed by atoms with Gasteiger partial charge in [-0.1, -0.05) is 35.4 Å². The molecule has 1 N–H and O–H groups in total. The van der Waals surface area contributed by atoms with E-state index in [1.165, 1.54) is 12.1 Å². The number of alkyl halides is 3. The summed E-state index contributed by atoms with van der Waals surface area (Å²) in [5.41, 5.74) is 8.69. The summed E-state index contributed by atoms with van der Waals surface area (Å²) in [6.45, 7) is 0.509. The quantitative estimate of drug-likeness (QED) is 0.495. The standard InChI is InChI=1S/C16H13F3N4O/c17-16(18,19)13-6-2-1-4-11(13)12-5-3-7-14-15(12)24-10(8-21-14)9-22-23-20/h1-7,10,21H,8-9H2/t10-/m1/s1. The van der Waals surface area contributed by atoms with Gasteiger partial charge in [0.2, 0.25) is 0 Å². The summed E-state index contributed by atoms with van der Waals surface area (Å²) in [4.78, 5) is 2.68. The van der Waals surface area contributed by atoms with Gasteiger partial charge >= 0.3 is 6.18 Å². The molecule has 1 aliphatic rings.